The smallest absolute Gasteiger partial charge is 0.263 e. The SMILES string of the molecule is COc1cc(C(C)=O)ccc1OCC(=O)Nc1c(-c2ccc(F)cc2)nc2sccn12. The molecule has 31 heavy (non-hydrogen) atoms. The van der Waals surface area contributed by atoms with Gasteiger partial charge in [-0.1, -0.05) is 0 Å². The van der Waals surface area contributed by atoms with E-state index in [1.165, 1.54) is 37.5 Å². The van der Waals surface area contributed by atoms with Gasteiger partial charge < -0.3 is 14.8 Å². The molecule has 0 spiro atoms. The maximum Gasteiger partial charge on any atom is 0.263 e. The first-order valence-electron chi connectivity index (χ1n) is 9.29. The van der Waals surface area contributed by atoms with E-state index < -0.39 is 5.91 Å². The topological polar surface area (TPSA) is 81.9 Å². The number of nitrogens with zero attached hydrogens (tertiary/aromatic N) is 2. The Bertz CT molecular complexity index is 1260. The van der Waals surface area contributed by atoms with Crippen LogP contribution in [0.4, 0.5) is 10.2 Å². The minimum absolute atomic E-state index is 0.101. The molecule has 158 valence electrons. The Kier molecular flexibility index (Phi) is 5.68. The molecule has 0 saturated heterocycles. The number of Topliss-reactive ketones (excluding diaryl/α,β-unsaturated/α-hetero) is 1. The van der Waals surface area contributed by atoms with Crippen LogP contribution in [-0.2, 0) is 4.79 Å². The first-order valence-corrected chi connectivity index (χ1v) is 10.2. The van der Waals surface area contributed by atoms with Gasteiger partial charge in [0.2, 0.25) is 0 Å². The van der Waals surface area contributed by atoms with E-state index in [4.69, 9.17) is 9.47 Å². The molecule has 9 heteroatoms. The molecule has 2 heterocycles. The number of hydrogen-bond acceptors (Lipinski definition) is 6. The van der Waals surface area contributed by atoms with Gasteiger partial charge in [0.1, 0.15) is 17.3 Å². The van der Waals surface area contributed by atoms with E-state index in [0.29, 0.717) is 39.1 Å². The molecule has 0 radical (unpaired) electrons. The number of anilines is 1. The molecular formula is C22H18FN3O4S. The number of carbonyl (C=O) groups is 2. The second kappa shape index (κ2) is 8.57. The number of imidazole rings is 1. The number of nitrogens with one attached hydrogen (secondary N) is 1. The molecule has 0 fully saturated rings. The Morgan fingerprint density at radius 3 is 2.65 bits per heavy atom. The lowest BCUT2D eigenvalue weighted by molar-refractivity contribution is -0.118. The highest BCUT2D eigenvalue weighted by Crippen LogP contribution is 2.31. The number of aromatic nitrogens is 2. The Labute approximate surface area is 181 Å². The highest BCUT2D eigenvalue weighted by Gasteiger charge is 2.18. The summed E-state index contributed by atoms with van der Waals surface area (Å²) < 4.78 is 25.9. The number of thiazole rings is 1. The maximum atomic E-state index is 13.3. The summed E-state index contributed by atoms with van der Waals surface area (Å²) in [5.74, 6) is 0.307. The molecule has 4 rings (SSSR count). The molecule has 2 aromatic carbocycles. The Balaban J connectivity index is 1.54. The molecule has 7 nitrogen and oxygen atoms in total. The van der Waals surface area contributed by atoms with Crippen molar-refractivity contribution in [3.05, 3.63) is 65.4 Å². The second-order valence-corrected chi connectivity index (χ2v) is 7.50. The number of fused-ring (bicyclic) bond motifs is 1. The molecule has 0 aliphatic heterocycles. The normalized spacial score (nSPS) is 10.8. The van der Waals surface area contributed by atoms with Gasteiger partial charge in [-0.2, -0.15) is 0 Å². The zero-order chi connectivity index (χ0) is 22.0. The van der Waals surface area contributed by atoms with Crippen molar-refractivity contribution in [3.63, 3.8) is 0 Å². The molecule has 1 N–H and O–H groups in total. The number of amides is 1. The number of hydrogen-bond donors (Lipinski definition) is 1. The van der Waals surface area contributed by atoms with Crippen LogP contribution in [0.2, 0.25) is 0 Å². The van der Waals surface area contributed by atoms with Crippen molar-refractivity contribution in [2.24, 2.45) is 0 Å². The lowest BCUT2D eigenvalue weighted by atomic mass is 10.1. The summed E-state index contributed by atoms with van der Waals surface area (Å²) in [7, 11) is 1.46. The predicted octanol–water partition coefficient (Wildman–Crippen LogP) is 4.43. The zero-order valence-corrected chi connectivity index (χ0v) is 17.5. The van der Waals surface area contributed by atoms with Crippen molar-refractivity contribution >= 4 is 33.8 Å². The van der Waals surface area contributed by atoms with Crippen molar-refractivity contribution in [2.75, 3.05) is 19.0 Å². The van der Waals surface area contributed by atoms with Gasteiger partial charge in [-0.15, -0.1) is 11.3 Å². The number of methoxy groups -OCH3 is 1. The molecule has 0 saturated carbocycles. The molecule has 1 amide bonds. The Hall–Kier alpha value is -3.72. The minimum atomic E-state index is -0.408. The van der Waals surface area contributed by atoms with Crippen molar-refractivity contribution in [2.45, 2.75) is 6.92 Å². The second-order valence-electron chi connectivity index (χ2n) is 6.63. The molecule has 0 bridgehead atoms. The van der Waals surface area contributed by atoms with Crippen LogP contribution in [0.3, 0.4) is 0 Å². The van der Waals surface area contributed by atoms with Crippen LogP contribution in [0.5, 0.6) is 11.5 Å². The third-order valence-electron chi connectivity index (χ3n) is 4.57. The van der Waals surface area contributed by atoms with E-state index >= 15 is 0 Å². The average Bonchev–Trinajstić information content (AvgIpc) is 3.35. The van der Waals surface area contributed by atoms with Crippen LogP contribution >= 0.6 is 11.3 Å². The van der Waals surface area contributed by atoms with E-state index in [9.17, 15) is 14.0 Å². The summed E-state index contributed by atoms with van der Waals surface area (Å²) in [5, 5.41) is 4.68. The first kappa shape index (κ1) is 20.5. The van der Waals surface area contributed by atoms with Crippen LogP contribution < -0.4 is 14.8 Å². The largest absolute Gasteiger partial charge is 0.493 e. The number of ether oxygens (including phenoxy) is 2. The van der Waals surface area contributed by atoms with Crippen molar-refractivity contribution < 1.29 is 23.5 Å². The van der Waals surface area contributed by atoms with E-state index in [2.05, 4.69) is 10.3 Å². The number of halogens is 1. The monoisotopic (exact) mass is 439 g/mol. The van der Waals surface area contributed by atoms with Crippen LogP contribution in [-0.4, -0.2) is 34.8 Å². The van der Waals surface area contributed by atoms with E-state index in [0.717, 1.165) is 0 Å². The lowest BCUT2D eigenvalue weighted by Gasteiger charge is -2.12. The molecule has 4 aromatic rings. The van der Waals surface area contributed by atoms with Crippen LogP contribution in [0, 0.1) is 5.82 Å². The van der Waals surface area contributed by atoms with Gasteiger partial charge in [-0.05, 0) is 49.4 Å². The maximum absolute atomic E-state index is 13.3. The molecule has 0 aliphatic carbocycles. The fraction of sp³-hybridized carbons (Fsp3) is 0.136. The fourth-order valence-corrected chi connectivity index (χ4v) is 3.75. The average molecular weight is 439 g/mol. The van der Waals surface area contributed by atoms with Gasteiger partial charge in [-0.25, -0.2) is 9.37 Å². The summed E-state index contributed by atoms with van der Waals surface area (Å²) in [6.07, 6.45) is 1.79. The zero-order valence-electron chi connectivity index (χ0n) is 16.7. The van der Waals surface area contributed by atoms with Gasteiger partial charge in [-0.3, -0.25) is 14.0 Å². The Morgan fingerprint density at radius 1 is 1.16 bits per heavy atom. The molecule has 0 aliphatic rings. The molecule has 0 unspecified atom stereocenters. The summed E-state index contributed by atoms with van der Waals surface area (Å²) >= 11 is 1.42. The van der Waals surface area contributed by atoms with E-state index in [1.807, 2.05) is 5.38 Å². The fourth-order valence-electron chi connectivity index (χ4n) is 3.03. The lowest BCUT2D eigenvalue weighted by Crippen LogP contribution is -2.21. The number of ketones is 1. The van der Waals surface area contributed by atoms with Gasteiger partial charge in [0, 0.05) is 22.7 Å². The van der Waals surface area contributed by atoms with Gasteiger partial charge in [0.25, 0.3) is 5.91 Å². The third-order valence-corrected chi connectivity index (χ3v) is 5.32. The highest BCUT2D eigenvalue weighted by molar-refractivity contribution is 7.15. The Morgan fingerprint density at radius 2 is 1.94 bits per heavy atom. The van der Waals surface area contributed by atoms with E-state index in [-0.39, 0.29) is 18.2 Å². The number of carbonyl (C=O) groups excluding carboxylic acids is 2. The predicted molar refractivity (Wildman–Crippen MR) is 116 cm³/mol. The summed E-state index contributed by atoms with van der Waals surface area (Å²) in [5.41, 5.74) is 1.69. The van der Waals surface area contributed by atoms with Crippen LogP contribution in [0.15, 0.2) is 54.0 Å². The molecule has 0 atom stereocenters. The quantitative estimate of drug-likeness (QED) is 0.431. The summed E-state index contributed by atoms with van der Waals surface area (Å²) in [6, 6.07) is 10.7. The number of rotatable bonds is 7. The molecule has 2 aromatic heterocycles. The summed E-state index contributed by atoms with van der Waals surface area (Å²) in [4.78, 5) is 29.4. The standard InChI is InChI=1S/C22H18FN3O4S/c1-13(27)15-5-8-17(18(11-15)29-2)30-12-19(28)24-21-20(14-3-6-16(23)7-4-14)25-22-26(21)9-10-31-22/h3-11H,12H2,1-2H3,(H,24,28). The number of benzene rings is 2. The summed E-state index contributed by atoms with van der Waals surface area (Å²) in [6.45, 7) is 1.17. The minimum Gasteiger partial charge on any atom is -0.493 e. The van der Waals surface area contributed by atoms with Crippen molar-refractivity contribution in [3.8, 4) is 22.8 Å². The van der Waals surface area contributed by atoms with Crippen molar-refractivity contribution in [1.29, 1.82) is 0 Å². The first-order chi connectivity index (χ1) is 15.0. The van der Waals surface area contributed by atoms with Crippen LogP contribution in [0.25, 0.3) is 16.2 Å². The van der Waals surface area contributed by atoms with Crippen molar-refractivity contribution in [1.82, 2.24) is 9.38 Å². The van der Waals surface area contributed by atoms with E-state index in [1.54, 1.807) is 40.9 Å². The highest BCUT2D eigenvalue weighted by atomic mass is 32.1. The van der Waals surface area contributed by atoms with Gasteiger partial charge in [0.15, 0.2) is 28.9 Å². The molecular weight excluding hydrogens is 421 g/mol. The third kappa shape index (κ3) is 4.26. The van der Waals surface area contributed by atoms with Crippen LogP contribution in [0.1, 0.15) is 17.3 Å². The van der Waals surface area contributed by atoms with Gasteiger partial charge in [0.05, 0.1) is 7.11 Å². The van der Waals surface area contributed by atoms with Gasteiger partial charge >= 0.3 is 0 Å².